The van der Waals surface area contributed by atoms with Crippen molar-refractivity contribution < 1.29 is 0 Å². The summed E-state index contributed by atoms with van der Waals surface area (Å²) in [5.41, 5.74) is 0.324. The molecule has 0 rings (SSSR count). The Balaban J connectivity index is 3.95. The van der Waals surface area contributed by atoms with Crippen LogP contribution in [0.2, 0.25) is 0 Å². The van der Waals surface area contributed by atoms with Gasteiger partial charge in [-0.3, -0.25) is 0 Å². The predicted molar refractivity (Wildman–Crippen MR) is 102 cm³/mol. The molecule has 2 heteroatoms. The van der Waals surface area contributed by atoms with Crippen LogP contribution in [0.5, 0.6) is 0 Å². The fourth-order valence-corrected chi connectivity index (χ4v) is 3.47. The lowest BCUT2D eigenvalue weighted by Crippen LogP contribution is -2.50. The van der Waals surface area contributed by atoms with Crippen molar-refractivity contribution >= 4 is 0 Å². The summed E-state index contributed by atoms with van der Waals surface area (Å²) in [4.78, 5) is 0. The van der Waals surface area contributed by atoms with E-state index in [0.717, 1.165) is 6.54 Å². The van der Waals surface area contributed by atoms with Gasteiger partial charge in [0.15, 0.2) is 0 Å². The van der Waals surface area contributed by atoms with Gasteiger partial charge in [-0.05, 0) is 26.9 Å². The highest BCUT2D eigenvalue weighted by Crippen LogP contribution is 2.23. The molecule has 2 N–H and O–H groups in total. The molecule has 22 heavy (non-hydrogen) atoms. The summed E-state index contributed by atoms with van der Waals surface area (Å²) in [6.07, 6.45) is 19.4. The molecule has 0 saturated heterocycles. The monoisotopic (exact) mass is 312 g/mol. The molecular formula is C20H44N2. The lowest BCUT2D eigenvalue weighted by atomic mass is 9.86. The Morgan fingerprint density at radius 3 is 1.36 bits per heavy atom. The van der Waals surface area contributed by atoms with E-state index in [1.807, 2.05) is 0 Å². The van der Waals surface area contributed by atoms with Gasteiger partial charge in [0, 0.05) is 12.1 Å². The number of likely N-dealkylation sites (N-methyl/N-ethyl adjacent to an activating group) is 2. The van der Waals surface area contributed by atoms with Crippen LogP contribution in [0.15, 0.2) is 0 Å². The van der Waals surface area contributed by atoms with Crippen molar-refractivity contribution in [1.82, 2.24) is 10.6 Å². The van der Waals surface area contributed by atoms with Crippen molar-refractivity contribution in [2.75, 3.05) is 20.6 Å². The highest BCUT2D eigenvalue weighted by Gasteiger charge is 2.25. The molecule has 0 aliphatic carbocycles. The van der Waals surface area contributed by atoms with Crippen LogP contribution in [0.3, 0.4) is 0 Å². The first-order chi connectivity index (χ1) is 10.7. The topological polar surface area (TPSA) is 24.1 Å². The molecule has 0 unspecified atom stereocenters. The molecule has 0 aromatic heterocycles. The van der Waals surface area contributed by atoms with Crippen LogP contribution >= 0.6 is 0 Å². The van der Waals surface area contributed by atoms with Crippen LogP contribution in [-0.4, -0.2) is 26.2 Å². The van der Waals surface area contributed by atoms with Crippen LogP contribution < -0.4 is 10.6 Å². The second-order valence-electron chi connectivity index (χ2n) is 7.10. The van der Waals surface area contributed by atoms with Crippen LogP contribution in [0, 0.1) is 0 Å². The quantitative estimate of drug-likeness (QED) is 0.338. The zero-order valence-corrected chi connectivity index (χ0v) is 16.1. The molecule has 0 amide bonds. The summed E-state index contributed by atoms with van der Waals surface area (Å²) < 4.78 is 0. The number of nitrogens with one attached hydrogen (secondary N) is 2. The van der Waals surface area contributed by atoms with Gasteiger partial charge in [0.1, 0.15) is 0 Å². The van der Waals surface area contributed by atoms with Gasteiger partial charge in [-0.15, -0.1) is 0 Å². The summed E-state index contributed by atoms with van der Waals surface area (Å²) in [5.74, 6) is 0. The van der Waals surface area contributed by atoms with Crippen LogP contribution in [0.1, 0.15) is 104 Å². The Morgan fingerprint density at radius 2 is 1.00 bits per heavy atom. The molecule has 0 fully saturated rings. The molecule has 2 nitrogen and oxygen atoms in total. The Bertz CT molecular complexity index is 200. The summed E-state index contributed by atoms with van der Waals surface area (Å²) in [5, 5.41) is 7.08. The SMILES string of the molecule is CCCCCCCCC(CCCCCCCC)(CNC)NC. The predicted octanol–water partition coefficient (Wildman–Crippen LogP) is 5.67. The van der Waals surface area contributed by atoms with Crippen LogP contribution in [0.4, 0.5) is 0 Å². The largest absolute Gasteiger partial charge is 0.318 e. The van der Waals surface area contributed by atoms with Gasteiger partial charge >= 0.3 is 0 Å². The smallest absolute Gasteiger partial charge is 0.0303 e. The average Bonchev–Trinajstić information content (AvgIpc) is 2.54. The summed E-state index contributed by atoms with van der Waals surface area (Å²) in [6, 6.07) is 0. The first kappa shape index (κ1) is 21.9. The molecule has 0 radical (unpaired) electrons. The van der Waals surface area contributed by atoms with E-state index in [0.29, 0.717) is 5.54 Å². The van der Waals surface area contributed by atoms with E-state index in [2.05, 4.69) is 38.6 Å². The van der Waals surface area contributed by atoms with Crippen molar-refractivity contribution in [3.63, 3.8) is 0 Å². The molecule has 0 spiro atoms. The highest BCUT2D eigenvalue weighted by molar-refractivity contribution is 4.88. The van der Waals surface area contributed by atoms with Crippen LogP contribution in [-0.2, 0) is 0 Å². The fraction of sp³-hybridized carbons (Fsp3) is 1.00. The van der Waals surface area contributed by atoms with Crippen molar-refractivity contribution in [2.24, 2.45) is 0 Å². The lowest BCUT2D eigenvalue weighted by Gasteiger charge is -2.34. The number of rotatable bonds is 17. The summed E-state index contributed by atoms with van der Waals surface area (Å²) in [7, 11) is 4.25. The highest BCUT2D eigenvalue weighted by atomic mass is 15.0. The van der Waals surface area contributed by atoms with E-state index >= 15 is 0 Å². The maximum Gasteiger partial charge on any atom is 0.0303 e. The molecule has 0 aromatic rings. The molecule has 0 atom stereocenters. The second kappa shape index (κ2) is 15.8. The summed E-state index contributed by atoms with van der Waals surface area (Å²) in [6.45, 7) is 5.69. The molecule has 0 aliphatic heterocycles. The fourth-order valence-electron chi connectivity index (χ4n) is 3.47. The van der Waals surface area contributed by atoms with Gasteiger partial charge in [0.05, 0.1) is 0 Å². The van der Waals surface area contributed by atoms with Gasteiger partial charge in [-0.2, -0.15) is 0 Å². The van der Waals surface area contributed by atoms with E-state index in [1.54, 1.807) is 0 Å². The van der Waals surface area contributed by atoms with Gasteiger partial charge in [0.2, 0.25) is 0 Å². The second-order valence-corrected chi connectivity index (χ2v) is 7.10. The van der Waals surface area contributed by atoms with Gasteiger partial charge < -0.3 is 10.6 Å². The minimum atomic E-state index is 0.324. The minimum absolute atomic E-state index is 0.324. The number of hydrogen-bond donors (Lipinski definition) is 2. The third-order valence-electron chi connectivity index (χ3n) is 5.06. The zero-order chi connectivity index (χ0) is 16.5. The van der Waals surface area contributed by atoms with Gasteiger partial charge in [-0.25, -0.2) is 0 Å². The van der Waals surface area contributed by atoms with Crippen molar-refractivity contribution in [2.45, 2.75) is 109 Å². The van der Waals surface area contributed by atoms with Gasteiger partial charge in [-0.1, -0.05) is 90.9 Å². The first-order valence-corrected chi connectivity index (χ1v) is 10.1. The van der Waals surface area contributed by atoms with Crippen LogP contribution in [0.25, 0.3) is 0 Å². The maximum absolute atomic E-state index is 3.66. The number of hydrogen-bond acceptors (Lipinski definition) is 2. The molecule has 0 aliphatic rings. The molecule has 0 bridgehead atoms. The standard InChI is InChI=1S/C20H44N2/c1-5-7-9-11-13-15-17-20(22-4,19-21-3)18-16-14-12-10-8-6-2/h21-22H,5-19H2,1-4H3. The Kier molecular flexibility index (Phi) is 15.7. The molecule has 0 heterocycles. The Hall–Kier alpha value is -0.0800. The molecular weight excluding hydrogens is 268 g/mol. The van der Waals surface area contributed by atoms with Crippen molar-refractivity contribution in [3.8, 4) is 0 Å². The molecule has 0 aromatic carbocycles. The normalized spacial score (nSPS) is 12.0. The first-order valence-electron chi connectivity index (χ1n) is 10.1. The number of unbranched alkanes of at least 4 members (excludes halogenated alkanes) is 10. The van der Waals surface area contributed by atoms with E-state index in [9.17, 15) is 0 Å². The zero-order valence-electron chi connectivity index (χ0n) is 16.1. The average molecular weight is 313 g/mol. The van der Waals surface area contributed by atoms with Crippen molar-refractivity contribution in [1.29, 1.82) is 0 Å². The van der Waals surface area contributed by atoms with E-state index in [4.69, 9.17) is 0 Å². The van der Waals surface area contributed by atoms with Crippen molar-refractivity contribution in [3.05, 3.63) is 0 Å². The third-order valence-corrected chi connectivity index (χ3v) is 5.06. The maximum atomic E-state index is 3.66. The summed E-state index contributed by atoms with van der Waals surface area (Å²) >= 11 is 0. The minimum Gasteiger partial charge on any atom is -0.318 e. The van der Waals surface area contributed by atoms with E-state index < -0.39 is 0 Å². The Morgan fingerprint density at radius 1 is 0.591 bits per heavy atom. The molecule has 0 saturated carbocycles. The van der Waals surface area contributed by atoms with E-state index in [1.165, 1.54) is 89.9 Å². The molecule has 134 valence electrons. The third kappa shape index (κ3) is 11.5. The van der Waals surface area contributed by atoms with Gasteiger partial charge in [0.25, 0.3) is 0 Å². The Labute approximate surface area is 141 Å². The lowest BCUT2D eigenvalue weighted by molar-refractivity contribution is 0.273. The van der Waals surface area contributed by atoms with E-state index in [-0.39, 0.29) is 0 Å².